The average molecular weight is 303 g/mol. The summed E-state index contributed by atoms with van der Waals surface area (Å²) in [6.45, 7) is 2.32. The lowest BCUT2D eigenvalue weighted by atomic mass is 10.2. The number of anilines is 1. The van der Waals surface area contributed by atoms with Gasteiger partial charge >= 0.3 is 0 Å². The highest BCUT2D eigenvalue weighted by atomic mass is 19.1. The molecule has 0 fully saturated rings. The Morgan fingerprint density at radius 3 is 2.55 bits per heavy atom. The summed E-state index contributed by atoms with van der Waals surface area (Å²) in [5, 5.41) is 0. The number of hydrogen-bond donors (Lipinski definition) is 0. The Morgan fingerprint density at radius 2 is 1.95 bits per heavy atom. The van der Waals surface area contributed by atoms with Crippen LogP contribution in [0.2, 0.25) is 0 Å². The van der Waals surface area contributed by atoms with Crippen LogP contribution in [0.3, 0.4) is 0 Å². The summed E-state index contributed by atoms with van der Waals surface area (Å²) in [4.78, 5) is 8.65. The topological polar surface area (TPSA) is 28.6 Å². The lowest BCUT2D eigenvalue weighted by molar-refractivity contribution is 0.386. The smallest absolute Gasteiger partial charge is 0.165 e. The molecular weight excluding hydrogens is 281 g/mol. The van der Waals surface area contributed by atoms with E-state index in [-0.39, 0.29) is 11.6 Å². The van der Waals surface area contributed by atoms with Gasteiger partial charge in [-0.25, -0.2) is 9.37 Å². The van der Waals surface area contributed by atoms with Gasteiger partial charge in [-0.1, -0.05) is 12.1 Å². The molecule has 0 amide bonds. The van der Waals surface area contributed by atoms with E-state index in [0.717, 1.165) is 24.5 Å². The van der Waals surface area contributed by atoms with Gasteiger partial charge in [-0.3, -0.25) is 0 Å². The Labute approximate surface area is 131 Å². The summed E-state index contributed by atoms with van der Waals surface area (Å²) in [6.07, 6.45) is 1.77. The van der Waals surface area contributed by atoms with E-state index in [2.05, 4.69) is 14.8 Å². The highest BCUT2D eigenvalue weighted by molar-refractivity contribution is 5.40. The predicted octanol–water partition coefficient (Wildman–Crippen LogP) is 2.80. The number of nitrogens with zero attached hydrogens (tertiary/aromatic N) is 3. The van der Waals surface area contributed by atoms with Crippen molar-refractivity contribution in [2.24, 2.45) is 0 Å². The van der Waals surface area contributed by atoms with E-state index < -0.39 is 0 Å². The third kappa shape index (κ3) is 4.43. The third-order valence-electron chi connectivity index (χ3n) is 3.38. The van der Waals surface area contributed by atoms with Gasteiger partial charge in [0.2, 0.25) is 0 Å². The molecule has 0 N–H and O–H groups in total. The van der Waals surface area contributed by atoms with E-state index in [4.69, 9.17) is 4.74 Å². The average Bonchev–Trinajstić information content (AvgIpc) is 2.52. The van der Waals surface area contributed by atoms with Crippen LogP contribution in [0.1, 0.15) is 5.56 Å². The molecule has 0 bridgehead atoms. The fraction of sp³-hybridized carbons (Fsp3) is 0.353. The van der Waals surface area contributed by atoms with Gasteiger partial charge in [-0.05, 0) is 43.9 Å². The predicted molar refractivity (Wildman–Crippen MR) is 86.8 cm³/mol. The van der Waals surface area contributed by atoms with E-state index >= 15 is 0 Å². The molecule has 0 saturated heterocycles. The standard InChI is InChI=1S/C17H22FN3O/c1-20(2)10-11-21(17-6-4-5-9-19-17)13-14-7-8-16(22-3)15(18)12-14/h4-9,12H,10-11,13H2,1-3H3. The van der Waals surface area contributed by atoms with Crippen molar-refractivity contribution in [1.82, 2.24) is 9.88 Å². The molecule has 1 aromatic heterocycles. The Bertz CT molecular complexity index is 590. The van der Waals surface area contributed by atoms with Crippen molar-refractivity contribution < 1.29 is 9.13 Å². The minimum absolute atomic E-state index is 0.265. The second kappa shape index (κ2) is 7.75. The number of rotatable bonds is 7. The fourth-order valence-corrected chi connectivity index (χ4v) is 2.16. The molecule has 0 atom stereocenters. The maximum absolute atomic E-state index is 13.9. The number of benzene rings is 1. The van der Waals surface area contributed by atoms with Gasteiger partial charge in [0.15, 0.2) is 11.6 Å². The molecule has 0 aliphatic carbocycles. The molecule has 0 aliphatic rings. The zero-order valence-electron chi connectivity index (χ0n) is 13.3. The Hall–Kier alpha value is -2.14. The van der Waals surface area contributed by atoms with Crippen LogP contribution in [0.5, 0.6) is 5.75 Å². The number of methoxy groups -OCH3 is 1. The summed E-state index contributed by atoms with van der Waals surface area (Å²) in [5.41, 5.74) is 0.891. The van der Waals surface area contributed by atoms with Crippen LogP contribution in [-0.2, 0) is 6.54 Å². The van der Waals surface area contributed by atoms with Crippen molar-refractivity contribution in [3.8, 4) is 5.75 Å². The number of aromatic nitrogens is 1. The zero-order valence-corrected chi connectivity index (χ0v) is 13.3. The SMILES string of the molecule is COc1ccc(CN(CCN(C)C)c2ccccn2)cc1F. The first-order chi connectivity index (χ1) is 10.6. The van der Waals surface area contributed by atoms with Crippen molar-refractivity contribution >= 4 is 5.82 Å². The molecule has 4 nitrogen and oxygen atoms in total. The number of ether oxygens (including phenoxy) is 1. The summed E-state index contributed by atoms with van der Waals surface area (Å²) in [5.74, 6) is 0.815. The number of hydrogen-bond acceptors (Lipinski definition) is 4. The lowest BCUT2D eigenvalue weighted by Crippen LogP contribution is -2.31. The van der Waals surface area contributed by atoms with E-state index in [1.807, 2.05) is 38.4 Å². The van der Waals surface area contributed by atoms with Crippen LogP contribution < -0.4 is 9.64 Å². The number of pyridine rings is 1. The molecule has 2 rings (SSSR count). The minimum Gasteiger partial charge on any atom is -0.494 e. The highest BCUT2D eigenvalue weighted by Crippen LogP contribution is 2.20. The largest absolute Gasteiger partial charge is 0.494 e. The van der Waals surface area contributed by atoms with Crippen LogP contribution >= 0.6 is 0 Å². The first kappa shape index (κ1) is 16.2. The maximum atomic E-state index is 13.9. The molecule has 0 spiro atoms. The Balaban J connectivity index is 2.17. The molecule has 5 heteroatoms. The van der Waals surface area contributed by atoms with Crippen molar-refractivity contribution in [2.75, 3.05) is 39.2 Å². The van der Waals surface area contributed by atoms with Crippen molar-refractivity contribution in [3.05, 3.63) is 54.0 Å². The Kier molecular flexibility index (Phi) is 5.72. The van der Waals surface area contributed by atoms with E-state index in [1.54, 1.807) is 12.3 Å². The van der Waals surface area contributed by atoms with Gasteiger partial charge in [0.25, 0.3) is 0 Å². The maximum Gasteiger partial charge on any atom is 0.165 e. The normalized spacial score (nSPS) is 10.8. The molecular formula is C17H22FN3O. The van der Waals surface area contributed by atoms with Gasteiger partial charge in [0.1, 0.15) is 5.82 Å². The van der Waals surface area contributed by atoms with Gasteiger partial charge < -0.3 is 14.5 Å². The van der Waals surface area contributed by atoms with Crippen LogP contribution in [0.15, 0.2) is 42.6 Å². The van der Waals surface area contributed by atoms with Crippen molar-refractivity contribution in [3.63, 3.8) is 0 Å². The summed E-state index contributed by atoms with van der Waals surface area (Å²) < 4.78 is 18.8. The van der Waals surface area contributed by atoms with E-state index in [9.17, 15) is 4.39 Å². The monoisotopic (exact) mass is 303 g/mol. The summed E-state index contributed by atoms with van der Waals surface area (Å²) in [7, 11) is 5.53. The molecule has 1 aromatic carbocycles. The highest BCUT2D eigenvalue weighted by Gasteiger charge is 2.11. The third-order valence-corrected chi connectivity index (χ3v) is 3.38. The van der Waals surface area contributed by atoms with Gasteiger partial charge in [0, 0.05) is 25.8 Å². The molecule has 2 aromatic rings. The zero-order chi connectivity index (χ0) is 15.9. The van der Waals surface area contributed by atoms with Gasteiger partial charge in [-0.2, -0.15) is 0 Å². The Morgan fingerprint density at radius 1 is 1.14 bits per heavy atom. The van der Waals surface area contributed by atoms with Crippen molar-refractivity contribution in [2.45, 2.75) is 6.54 Å². The first-order valence-electron chi connectivity index (χ1n) is 7.23. The molecule has 0 aliphatic heterocycles. The molecule has 118 valence electrons. The lowest BCUT2D eigenvalue weighted by Gasteiger charge is -2.25. The van der Waals surface area contributed by atoms with Gasteiger partial charge in [-0.15, -0.1) is 0 Å². The van der Waals surface area contributed by atoms with Crippen LogP contribution in [0.25, 0.3) is 0 Å². The molecule has 0 saturated carbocycles. The quantitative estimate of drug-likeness (QED) is 0.786. The van der Waals surface area contributed by atoms with Crippen LogP contribution in [0, 0.1) is 5.82 Å². The number of likely N-dealkylation sites (N-methyl/N-ethyl adjacent to an activating group) is 1. The summed E-state index contributed by atoms with van der Waals surface area (Å²) >= 11 is 0. The second-order valence-electron chi connectivity index (χ2n) is 5.38. The van der Waals surface area contributed by atoms with Crippen molar-refractivity contribution in [1.29, 1.82) is 0 Å². The molecule has 0 unspecified atom stereocenters. The molecule has 1 heterocycles. The second-order valence-corrected chi connectivity index (χ2v) is 5.38. The van der Waals surface area contributed by atoms with Crippen LogP contribution in [0.4, 0.5) is 10.2 Å². The first-order valence-corrected chi connectivity index (χ1v) is 7.23. The molecule has 22 heavy (non-hydrogen) atoms. The van der Waals surface area contributed by atoms with E-state index in [0.29, 0.717) is 6.54 Å². The minimum atomic E-state index is -0.339. The molecule has 0 radical (unpaired) electrons. The fourth-order valence-electron chi connectivity index (χ4n) is 2.16. The number of halogens is 1. The summed E-state index contributed by atoms with van der Waals surface area (Å²) in [6, 6.07) is 10.9. The van der Waals surface area contributed by atoms with Gasteiger partial charge in [0.05, 0.1) is 7.11 Å². The van der Waals surface area contributed by atoms with Crippen LogP contribution in [-0.4, -0.2) is 44.2 Å². The van der Waals surface area contributed by atoms with E-state index in [1.165, 1.54) is 13.2 Å².